The van der Waals surface area contributed by atoms with E-state index in [-0.39, 0.29) is 35.2 Å². The molecule has 3 atom stereocenters. The van der Waals surface area contributed by atoms with Gasteiger partial charge in [0.1, 0.15) is 18.3 Å². The molecule has 0 aromatic carbocycles. The van der Waals surface area contributed by atoms with E-state index in [1.54, 1.807) is 5.38 Å². The van der Waals surface area contributed by atoms with Crippen LogP contribution >= 0.6 is 11.3 Å². The van der Waals surface area contributed by atoms with E-state index < -0.39 is 50.8 Å². The van der Waals surface area contributed by atoms with Crippen LogP contribution in [0.2, 0.25) is 18.1 Å². The maximum atomic E-state index is 13.4. The fourth-order valence-electron chi connectivity index (χ4n) is 4.77. The van der Waals surface area contributed by atoms with Crippen LogP contribution in [0.15, 0.2) is 5.38 Å². The maximum Gasteiger partial charge on any atom is 0.331 e. The van der Waals surface area contributed by atoms with Gasteiger partial charge in [-0.25, -0.2) is 9.78 Å². The van der Waals surface area contributed by atoms with E-state index in [0.717, 1.165) is 39.3 Å². The Bertz CT molecular complexity index is 1230. The molecule has 3 heterocycles. The number of carbonyl (C=O) groups is 5. The molecule has 2 aliphatic heterocycles. The Hall–Kier alpha value is -3.08. The van der Waals surface area contributed by atoms with E-state index in [0.29, 0.717) is 24.9 Å². The number of nitrogens with zero attached hydrogens (tertiary/aromatic N) is 2. The number of aromatic nitrogens is 1. The van der Waals surface area contributed by atoms with Crippen molar-refractivity contribution in [1.29, 1.82) is 0 Å². The molecule has 3 rings (SSSR count). The topological polar surface area (TPSA) is 174 Å². The number of thiazole rings is 1. The van der Waals surface area contributed by atoms with E-state index in [4.69, 9.17) is 18.6 Å². The molecule has 258 valence electrons. The average Bonchev–Trinajstić information content (AvgIpc) is 3.51. The lowest BCUT2D eigenvalue weighted by atomic mass is 9.98. The summed E-state index contributed by atoms with van der Waals surface area (Å²) in [5.74, 6) is -2.70. The lowest BCUT2D eigenvalue weighted by molar-refractivity contribution is -0.151. The number of piperidine rings is 1. The second kappa shape index (κ2) is 16.7. The lowest BCUT2D eigenvalue weighted by Crippen LogP contribution is -2.56. The molecule has 0 radical (unpaired) electrons. The first-order valence-corrected chi connectivity index (χ1v) is 19.4. The molecule has 2 saturated heterocycles. The van der Waals surface area contributed by atoms with E-state index in [1.807, 2.05) is 13.1 Å². The first-order chi connectivity index (χ1) is 21.6. The minimum atomic E-state index is -2.34. The van der Waals surface area contributed by atoms with E-state index >= 15 is 0 Å². The number of hydrogen-bond acceptors (Lipinski definition) is 12. The molecule has 1 aromatic rings. The van der Waals surface area contributed by atoms with Crippen LogP contribution in [0.1, 0.15) is 63.9 Å². The number of hydrogen-bond donors (Lipinski definition) is 3. The molecule has 3 amide bonds. The number of esters is 2. The van der Waals surface area contributed by atoms with Gasteiger partial charge in [-0.2, -0.15) is 0 Å². The average molecular weight is 684 g/mol. The minimum absolute atomic E-state index is 0.0272. The molecule has 46 heavy (non-hydrogen) atoms. The van der Waals surface area contributed by atoms with Crippen molar-refractivity contribution >= 4 is 54.4 Å². The van der Waals surface area contributed by atoms with Gasteiger partial charge in [-0.1, -0.05) is 20.8 Å². The third-order valence-corrected chi connectivity index (χ3v) is 14.1. The van der Waals surface area contributed by atoms with E-state index in [1.165, 1.54) is 18.3 Å². The first-order valence-electron chi connectivity index (χ1n) is 15.7. The minimum Gasteiger partial charge on any atom is -0.467 e. The third-order valence-electron chi connectivity index (χ3n) is 8.65. The van der Waals surface area contributed by atoms with E-state index in [2.05, 4.69) is 46.6 Å². The van der Waals surface area contributed by atoms with Gasteiger partial charge in [-0.05, 0) is 43.8 Å². The maximum absolute atomic E-state index is 13.4. The normalized spacial score (nSPS) is 19.0. The number of nitrogens with one attached hydrogen (secondary N) is 3. The molecule has 0 aliphatic carbocycles. The van der Waals surface area contributed by atoms with Crippen LogP contribution < -0.4 is 20.9 Å². The van der Waals surface area contributed by atoms with Gasteiger partial charge < -0.3 is 39.5 Å². The smallest absolute Gasteiger partial charge is 0.331 e. The monoisotopic (exact) mass is 683 g/mol. The van der Waals surface area contributed by atoms with Crippen molar-refractivity contribution in [2.75, 3.05) is 51.5 Å². The summed E-state index contributed by atoms with van der Waals surface area (Å²) < 4.78 is 21.3. The highest BCUT2D eigenvalue weighted by molar-refractivity contribution is 7.13. The van der Waals surface area contributed by atoms with Gasteiger partial charge >= 0.3 is 11.9 Å². The zero-order valence-electron chi connectivity index (χ0n) is 27.9. The predicted octanol–water partition coefficient (Wildman–Crippen LogP) is 2.00. The molecular formula is C30H49N5O9SSi. The first kappa shape index (κ1) is 37.4. The summed E-state index contributed by atoms with van der Waals surface area (Å²) in [6.45, 7) is 13.3. The van der Waals surface area contributed by atoms with E-state index in [9.17, 15) is 24.0 Å². The number of anilines is 1. The number of amides is 3. The highest BCUT2D eigenvalue weighted by Gasteiger charge is 2.39. The van der Waals surface area contributed by atoms with Crippen LogP contribution in [-0.2, 0) is 37.8 Å². The summed E-state index contributed by atoms with van der Waals surface area (Å²) in [4.78, 5) is 69.9. The van der Waals surface area contributed by atoms with Gasteiger partial charge in [-0.15, -0.1) is 11.3 Å². The van der Waals surface area contributed by atoms with Crippen LogP contribution in [-0.4, -0.2) is 108 Å². The fourth-order valence-corrected chi connectivity index (χ4v) is 6.63. The van der Waals surface area contributed by atoms with Crippen molar-refractivity contribution in [1.82, 2.24) is 20.9 Å². The Morgan fingerprint density at radius 1 is 1.09 bits per heavy atom. The molecule has 2 fully saturated rings. The van der Waals surface area contributed by atoms with Gasteiger partial charge in [0.15, 0.2) is 19.5 Å². The van der Waals surface area contributed by atoms with Crippen LogP contribution in [0, 0.1) is 5.92 Å². The predicted molar refractivity (Wildman–Crippen MR) is 174 cm³/mol. The molecule has 0 bridgehead atoms. The zero-order valence-corrected chi connectivity index (χ0v) is 29.8. The Morgan fingerprint density at radius 2 is 1.78 bits per heavy atom. The molecule has 3 N–H and O–H groups in total. The lowest BCUT2D eigenvalue weighted by Gasteiger charge is -2.37. The van der Waals surface area contributed by atoms with Gasteiger partial charge in [0.2, 0.25) is 11.8 Å². The van der Waals surface area contributed by atoms with Gasteiger partial charge in [0, 0.05) is 50.6 Å². The van der Waals surface area contributed by atoms with Crippen molar-refractivity contribution in [2.45, 2.75) is 89.6 Å². The second-order valence-corrected chi connectivity index (χ2v) is 18.8. The Labute approximate surface area is 275 Å². The molecule has 0 saturated carbocycles. The number of carbonyl (C=O) groups excluding carboxylic acids is 5. The number of ether oxygens (including phenoxy) is 3. The summed E-state index contributed by atoms with van der Waals surface area (Å²) in [6, 6.07) is -2.49. The van der Waals surface area contributed by atoms with Crippen LogP contribution in [0.5, 0.6) is 0 Å². The Kier molecular flexibility index (Phi) is 13.5. The van der Waals surface area contributed by atoms with Crippen LogP contribution in [0.25, 0.3) is 0 Å². The van der Waals surface area contributed by atoms with Crippen molar-refractivity contribution in [2.24, 2.45) is 5.92 Å². The fraction of sp³-hybridized carbons (Fsp3) is 0.733. The van der Waals surface area contributed by atoms with Gasteiger partial charge in [0.25, 0.3) is 5.91 Å². The van der Waals surface area contributed by atoms with Crippen LogP contribution in [0.3, 0.4) is 0 Å². The SMILES string of the molecule is COC(=O)[C@H](COC(C)=O)NC(=O)[C@H](CO[Si](C)(C)C(C)(C)C)NC(=O)c1csc(N2CCC[C@H](NC(=O)C3CCOCC3)C2)n1. The molecule has 1 aromatic heterocycles. The Balaban J connectivity index is 1.70. The largest absolute Gasteiger partial charge is 0.467 e. The summed E-state index contributed by atoms with van der Waals surface area (Å²) in [7, 11) is -1.19. The standard InChI is InChI=1S/C30H49N5O9SSi/c1-19(36)43-16-23(28(40)41-5)33-26(38)22(17-44-46(6,7)30(2,3)4)32-27(39)24-18-45-29(34-24)35-12-8-9-21(15-35)31-25(37)20-10-13-42-14-11-20/h18,20-23H,8-17H2,1-7H3,(H,31,37)(H,32,39)(H,33,38)/t21-,22-,23-/m0/s1. The van der Waals surface area contributed by atoms with Gasteiger partial charge in [0.05, 0.1) is 13.7 Å². The van der Waals surface area contributed by atoms with Crippen molar-refractivity contribution in [3.63, 3.8) is 0 Å². The Morgan fingerprint density at radius 3 is 2.41 bits per heavy atom. The number of rotatable bonds is 13. The van der Waals surface area contributed by atoms with Crippen molar-refractivity contribution < 1.29 is 42.6 Å². The van der Waals surface area contributed by atoms with Crippen molar-refractivity contribution in [3.8, 4) is 0 Å². The molecular weight excluding hydrogens is 635 g/mol. The summed E-state index contributed by atoms with van der Waals surface area (Å²) >= 11 is 1.31. The van der Waals surface area contributed by atoms with Gasteiger partial charge in [-0.3, -0.25) is 19.2 Å². The molecule has 14 nitrogen and oxygen atoms in total. The molecule has 2 aliphatic rings. The molecule has 16 heteroatoms. The zero-order chi connectivity index (χ0) is 34.1. The summed E-state index contributed by atoms with van der Waals surface area (Å²) in [6.07, 6.45) is 3.17. The quantitative estimate of drug-likeness (QED) is 0.205. The highest BCUT2D eigenvalue weighted by Crippen LogP contribution is 2.36. The van der Waals surface area contributed by atoms with Crippen LogP contribution in [0.4, 0.5) is 5.13 Å². The highest BCUT2D eigenvalue weighted by atomic mass is 32.1. The molecule has 0 unspecified atom stereocenters. The molecule has 0 spiro atoms. The third kappa shape index (κ3) is 10.7. The second-order valence-electron chi connectivity index (χ2n) is 13.2. The summed E-state index contributed by atoms with van der Waals surface area (Å²) in [5.41, 5.74) is 0.128. The summed E-state index contributed by atoms with van der Waals surface area (Å²) in [5, 5.41) is 10.5. The number of methoxy groups -OCH3 is 1. The van der Waals surface area contributed by atoms with Crippen molar-refractivity contribution in [3.05, 3.63) is 11.1 Å².